The van der Waals surface area contributed by atoms with Gasteiger partial charge in [0.1, 0.15) is 22.8 Å². The molecule has 0 aromatic heterocycles. The second kappa shape index (κ2) is 5.77. The quantitative estimate of drug-likeness (QED) is 0.738. The molecule has 0 unspecified atom stereocenters. The molecule has 4 nitrogen and oxygen atoms in total. The highest BCUT2D eigenvalue weighted by Crippen LogP contribution is 2.34. The Bertz CT molecular complexity index is 825. The highest BCUT2D eigenvalue weighted by atomic mass is 16.5. The minimum Gasteiger partial charge on any atom is -0.507 e. The van der Waals surface area contributed by atoms with Gasteiger partial charge in [-0.25, -0.2) is 4.79 Å². The van der Waals surface area contributed by atoms with E-state index in [9.17, 15) is 9.90 Å². The summed E-state index contributed by atoms with van der Waals surface area (Å²) in [5, 5.41) is 11.5. The van der Waals surface area contributed by atoms with Crippen molar-refractivity contribution >= 4 is 16.7 Å². The highest BCUT2D eigenvalue weighted by molar-refractivity contribution is 6.00. The lowest BCUT2D eigenvalue weighted by molar-refractivity contribution is 0.0597. The first-order valence-electron chi connectivity index (χ1n) is 6.76. The number of benzene rings is 3. The second-order valence-corrected chi connectivity index (χ2v) is 4.75. The fraction of sp³-hybridized carbons (Fsp3) is 0.0556. The summed E-state index contributed by atoms with van der Waals surface area (Å²) in [4.78, 5) is 11.6. The van der Waals surface area contributed by atoms with Crippen molar-refractivity contribution in [2.24, 2.45) is 0 Å². The monoisotopic (exact) mass is 294 g/mol. The molecule has 0 radical (unpaired) electrons. The third-order valence-corrected chi connectivity index (χ3v) is 3.33. The molecular formula is C18H14O4. The number of methoxy groups -OCH3 is 1. The van der Waals surface area contributed by atoms with Crippen LogP contribution in [0.3, 0.4) is 0 Å². The fourth-order valence-corrected chi connectivity index (χ4v) is 2.26. The lowest BCUT2D eigenvalue weighted by Gasteiger charge is -2.11. The average molecular weight is 294 g/mol. The van der Waals surface area contributed by atoms with Crippen LogP contribution < -0.4 is 4.74 Å². The fourth-order valence-electron chi connectivity index (χ4n) is 2.26. The summed E-state index contributed by atoms with van der Waals surface area (Å²) in [7, 11) is 1.28. The standard InChI is InChI=1S/C18H14O4/c1-21-18(20)15-10-12-6-5-9-17(14(12)11-16(15)19)22-13-7-3-2-4-8-13/h2-11,19H,1H3. The van der Waals surface area contributed by atoms with Gasteiger partial charge in [-0.15, -0.1) is 0 Å². The zero-order valence-corrected chi connectivity index (χ0v) is 11.9. The number of phenols is 1. The van der Waals surface area contributed by atoms with E-state index in [1.165, 1.54) is 13.2 Å². The van der Waals surface area contributed by atoms with Crippen molar-refractivity contribution in [2.45, 2.75) is 0 Å². The van der Waals surface area contributed by atoms with E-state index in [1.807, 2.05) is 48.5 Å². The van der Waals surface area contributed by atoms with E-state index in [4.69, 9.17) is 4.74 Å². The molecular weight excluding hydrogens is 280 g/mol. The van der Waals surface area contributed by atoms with Crippen LogP contribution in [0.25, 0.3) is 10.8 Å². The maximum Gasteiger partial charge on any atom is 0.341 e. The summed E-state index contributed by atoms with van der Waals surface area (Å²) in [5.74, 6) is 0.596. The Morgan fingerprint density at radius 3 is 2.50 bits per heavy atom. The summed E-state index contributed by atoms with van der Waals surface area (Å²) in [5.41, 5.74) is 0.131. The number of phenolic OH excluding ortho intramolecular Hbond substituents is 1. The van der Waals surface area contributed by atoms with Gasteiger partial charge in [0.05, 0.1) is 7.11 Å². The van der Waals surface area contributed by atoms with Crippen LogP contribution in [0.15, 0.2) is 60.7 Å². The molecule has 22 heavy (non-hydrogen) atoms. The van der Waals surface area contributed by atoms with Crippen LogP contribution in [0.1, 0.15) is 10.4 Å². The number of aromatic hydroxyl groups is 1. The number of ether oxygens (including phenoxy) is 2. The molecule has 0 aliphatic carbocycles. The zero-order valence-electron chi connectivity index (χ0n) is 11.9. The number of hydrogen-bond donors (Lipinski definition) is 1. The van der Waals surface area contributed by atoms with Gasteiger partial charge >= 0.3 is 5.97 Å². The molecule has 3 aromatic carbocycles. The lowest BCUT2D eigenvalue weighted by Crippen LogP contribution is -2.01. The molecule has 0 fully saturated rings. The minimum absolute atomic E-state index is 0.131. The Hall–Kier alpha value is -3.01. The number of esters is 1. The molecule has 0 aliphatic rings. The van der Waals surface area contributed by atoms with Gasteiger partial charge in [-0.2, -0.15) is 0 Å². The van der Waals surface area contributed by atoms with E-state index in [0.29, 0.717) is 11.5 Å². The molecule has 110 valence electrons. The van der Waals surface area contributed by atoms with E-state index >= 15 is 0 Å². The Morgan fingerprint density at radius 1 is 1.00 bits per heavy atom. The second-order valence-electron chi connectivity index (χ2n) is 4.75. The predicted octanol–water partition coefficient (Wildman–Crippen LogP) is 4.12. The minimum atomic E-state index is -0.575. The van der Waals surface area contributed by atoms with Gasteiger partial charge in [-0.05, 0) is 35.7 Å². The summed E-state index contributed by atoms with van der Waals surface area (Å²) in [6, 6.07) is 18.0. The molecule has 0 spiro atoms. The van der Waals surface area contributed by atoms with Crippen LogP contribution in [0, 0.1) is 0 Å². The third-order valence-electron chi connectivity index (χ3n) is 3.33. The predicted molar refractivity (Wildman–Crippen MR) is 83.5 cm³/mol. The Morgan fingerprint density at radius 2 is 1.77 bits per heavy atom. The van der Waals surface area contributed by atoms with Crippen LogP contribution >= 0.6 is 0 Å². The van der Waals surface area contributed by atoms with Gasteiger partial charge in [-0.3, -0.25) is 0 Å². The normalized spacial score (nSPS) is 10.4. The zero-order chi connectivity index (χ0) is 15.5. The van der Waals surface area contributed by atoms with Crippen molar-refractivity contribution in [3.8, 4) is 17.2 Å². The van der Waals surface area contributed by atoms with E-state index in [-0.39, 0.29) is 11.3 Å². The first kappa shape index (κ1) is 13.9. The van der Waals surface area contributed by atoms with E-state index < -0.39 is 5.97 Å². The SMILES string of the molecule is COC(=O)c1cc2cccc(Oc3ccccc3)c2cc1O. The van der Waals surface area contributed by atoms with E-state index in [2.05, 4.69) is 4.74 Å². The van der Waals surface area contributed by atoms with Crippen molar-refractivity contribution < 1.29 is 19.4 Å². The van der Waals surface area contributed by atoms with Crippen molar-refractivity contribution in [1.29, 1.82) is 0 Å². The van der Waals surface area contributed by atoms with Crippen LogP contribution in [0.2, 0.25) is 0 Å². The molecule has 0 atom stereocenters. The van der Waals surface area contributed by atoms with Crippen molar-refractivity contribution in [3.63, 3.8) is 0 Å². The molecule has 3 rings (SSSR count). The van der Waals surface area contributed by atoms with Crippen molar-refractivity contribution in [1.82, 2.24) is 0 Å². The van der Waals surface area contributed by atoms with Gasteiger partial charge in [0.25, 0.3) is 0 Å². The Balaban J connectivity index is 2.09. The molecule has 1 N–H and O–H groups in total. The summed E-state index contributed by atoms with van der Waals surface area (Å²) < 4.78 is 10.5. The van der Waals surface area contributed by atoms with Gasteiger partial charge in [-0.1, -0.05) is 30.3 Å². The molecule has 3 aromatic rings. The van der Waals surface area contributed by atoms with Crippen molar-refractivity contribution in [3.05, 3.63) is 66.2 Å². The maximum atomic E-state index is 11.6. The Labute approximate surface area is 127 Å². The van der Waals surface area contributed by atoms with Crippen LogP contribution in [-0.2, 0) is 4.74 Å². The number of carbonyl (C=O) groups is 1. The average Bonchev–Trinajstić information content (AvgIpc) is 2.55. The summed E-state index contributed by atoms with van der Waals surface area (Å²) in [6.45, 7) is 0. The summed E-state index contributed by atoms with van der Waals surface area (Å²) >= 11 is 0. The van der Waals surface area contributed by atoms with E-state index in [1.54, 1.807) is 6.07 Å². The first-order chi connectivity index (χ1) is 10.7. The number of hydrogen-bond acceptors (Lipinski definition) is 4. The first-order valence-corrected chi connectivity index (χ1v) is 6.76. The topological polar surface area (TPSA) is 55.8 Å². The molecule has 0 heterocycles. The molecule has 0 amide bonds. The molecule has 0 aliphatic heterocycles. The highest BCUT2D eigenvalue weighted by Gasteiger charge is 2.14. The van der Waals surface area contributed by atoms with Gasteiger partial charge in [0, 0.05) is 5.39 Å². The van der Waals surface area contributed by atoms with Crippen molar-refractivity contribution in [2.75, 3.05) is 7.11 Å². The number of fused-ring (bicyclic) bond motifs is 1. The van der Waals surface area contributed by atoms with Crippen LogP contribution in [0.4, 0.5) is 0 Å². The Kier molecular flexibility index (Phi) is 3.66. The smallest absolute Gasteiger partial charge is 0.341 e. The van der Waals surface area contributed by atoms with Gasteiger partial charge in [0.2, 0.25) is 0 Å². The maximum absolute atomic E-state index is 11.6. The molecule has 0 saturated carbocycles. The van der Waals surface area contributed by atoms with Crippen LogP contribution in [-0.4, -0.2) is 18.2 Å². The van der Waals surface area contributed by atoms with Crippen LogP contribution in [0.5, 0.6) is 17.2 Å². The number of rotatable bonds is 3. The number of para-hydroxylation sites is 1. The number of carbonyl (C=O) groups excluding carboxylic acids is 1. The molecule has 4 heteroatoms. The third kappa shape index (κ3) is 2.59. The largest absolute Gasteiger partial charge is 0.507 e. The van der Waals surface area contributed by atoms with Gasteiger partial charge in [0.15, 0.2) is 0 Å². The molecule has 0 bridgehead atoms. The van der Waals surface area contributed by atoms with E-state index in [0.717, 1.165) is 10.8 Å². The molecule has 0 saturated heterocycles. The van der Waals surface area contributed by atoms with Gasteiger partial charge < -0.3 is 14.6 Å². The summed E-state index contributed by atoms with van der Waals surface area (Å²) in [6.07, 6.45) is 0. The lowest BCUT2D eigenvalue weighted by atomic mass is 10.0.